The SMILES string of the molecule is C[C@@H](O)[C@H](O)[C@H](O)[C@H](C=O)OP(=O)(O)OP(=O)(O)O. The van der Waals surface area contributed by atoms with E-state index in [1.807, 2.05) is 0 Å². The third kappa shape index (κ3) is 7.23. The molecule has 0 aliphatic carbocycles. The average Bonchev–Trinajstić information content (AvgIpc) is 2.20. The first-order chi connectivity index (χ1) is 8.39. The van der Waals surface area contributed by atoms with Gasteiger partial charge in [0.15, 0.2) is 12.4 Å². The fourth-order valence-electron chi connectivity index (χ4n) is 0.955. The molecule has 114 valence electrons. The number of carbonyl (C=O) groups excluding carboxylic acids is 1. The van der Waals surface area contributed by atoms with Crippen LogP contribution in [0.1, 0.15) is 6.92 Å². The molecule has 13 heteroatoms. The fourth-order valence-corrected chi connectivity index (χ4v) is 2.67. The van der Waals surface area contributed by atoms with Gasteiger partial charge in [-0.3, -0.25) is 4.52 Å². The minimum absolute atomic E-state index is 0.206. The van der Waals surface area contributed by atoms with Crippen molar-refractivity contribution in [2.24, 2.45) is 0 Å². The first-order valence-electron chi connectivity index (χ1n) is 4.67. The highest BCUT2D eigenvalue weighted by Crippen LogP contribution is 2.58. The molecule has 0 amide bonds. The molecular formula is C6H14O11P2. The van der Waals surface area contributed by atoms with Gasteiger partial charge in [-0.25, -0.2) is 9.13 Å². The number of phosphoric acid groups is 2. The van der Waals surface area contributed by atoms with Crippen LogP contribution in [0.4, 0.5) is 0 Å². The van der Waals surface area contributed by atoms with Crippen LogP contribution in [0.2, 0.25) is 0 Å². The molecule has 0 aromatic heterocycles. The van der Waals surface area contributed by atoms with Gasteiger partial charge in [0.2, 0.25) is 0 Å². The van der Waals surface area contributed by atoms with Gasteiger partial charge >= 0.3 is 15.6 Å². The first-order valence-corrected chi connectivity index (χ1v) is 7.70. The highest BCUT2D eigenvalue weighted by molar-refractivity contribution is 7.60. The lowest BCUT2D eigenvalue weighted by atomic mass is 10.1. The summed E-state index contributed by atoms with van der Waals surface area (Å²) in [7, 11) is -10.7. The van der Waals surface area contributed by atoms with E-state index in [0.29, 0.717) is 0 Å². The molecule has 11 nitrogen and oxygen atoms in total. The minimum Gasteiger partial charge on any atom is -0.391 e. The molecule has 0 aromatic carbocycles. The zero-order chi connectivity index (χ0) is 15.4. The number of hydrogen-bond acceptors (Lipinski definition) is 8. The number of phosphoric ester groups is 1. The minimum atomic E-state index is -5.37. The van der Waals surface area contributed by atoms with Crippen LogP contribution in [0.25, 0.3) is 0 Å². The summed E-state index contributed by atoms with van der Waals surface area (Å²) >= 11 is 0. The van der Waals surface area contributed by atoms with Crippen molar-refractivity contribution >= 4 is 21.9 Å². The summed E-state index contributed by atoms with van der Waals surface area (Å²) in [5.41, 5.74) is 0. The van der Waals surface area contributed by atoms with Crippen LogP contribution in [0.3, 0.4) is 0 Å². The average molecular weight is 324 g/mol. The van der Waals surface area contributed by atoms with Gasteiger partial charge in [-0.1, -0.05) is 0 Å². The van der Waals surface area contributed by atoms with Gasteiger partial charge in [-0.05, 0) is 6.92 Å². The molecule has 0 spiro atoms. The molecule has 0 aromatic rings. The van der Waals surface area contributed by atoms with Crippen LogP contribution in [0, 0.1) is 0 Å². The second-order valence-electron chi connectivity index (χ2n) is 3.47. The van der Waals surface area contributed by atoms with Gasteiger partial charge in [0.25, 0.3) is 0 Å². The fraction of sp³-hybridized carbons (Fsp3) is 0.833. The molecule has 0 aliphatic rings. The van der Waals surface area contributed by atoms with Crippen LogP contribution in [0.15, 0.2) is 0 Å². The standard InChI is InChI=1S/C6H14O11P2/c1-3(8)5(9)6(10)4(2-7)16-19(14,15)17-18(11,12)13/h2-6,8-10H,1H3,(H,14,15)(H2,11,12,13)/t3-,4+,5+,6-/m1/s1. The highest BCUT2D eigenvalue weighted by Gasteiger charge is 2.39. The summed E-state index contributed by atoms with van der Waals surface area (Å²) in [5, 5.41) is 27.5. The van der Waals surface area contributed by atoms with Crippen molar-refractivity contribution < 1.29 is 52.8 Å². The van der Waals surface area contributed by atoms with E-state index in [-0.39, 0.29) is 6.29 Å². The number of rotatable bonds is 8. The van der Waals surface area contributed by atoms with Crippen molar-refractivity contribution in [1.29, 1.82) is 0 Å². The summed E-state index contributed by atoms with van der Waals surface area (Å²) in [6.07, 6.45) is -7.86. The van der Waals surface area contributed by atoms with Crippen molar-refractivity contribution in [3.63, 3.8) is 0 Å². The molecule has 1 unspecified atom stereocenters. The topological polar surface area (TPSA) is 191 Å². The van der Waals surface area contributed by atoms with Gasteiger partial charge in [0.1, 0.15) is 12.2 Å². The van der Waals surface area contributed by atoms with Crippen LogP contribution >= 0.6 is 15.6 Å². The largest absolute Gasteiger partial charge is 0.481 e. The Kier molecular flexibility index (Phi) is 6.93. The van der Waals surface area contributed by atoms with Crippen molar-refractivity contribution in [1.82, 2.24) is 0 Å². The number of aliphatic hydroxyl groups is 3. The Morgan fingerprint density at radius 3 is 1.84 bits per heavy atom. The molecule has 0 rings (SSSR count). The first kappa shape index (κ1) is 18.8. The Balaban J connectivity index is 4.86. The predicted octanol–water partition coefficient (Wildman–Crippen LogP) is -2.12. The second-order valence-corrected chi connectivity index (χ2v) is 6.25. The van der Waals surface area contributed by atoms with E-state index < -0.39 is 40.1 Å². The smallest absolute Gasteiger partial charge is 0.391 e. The van der Waals surface area contributed by atoms with E-state index in [0.717, 1.165) is 6.92 Å². The van der Waals surface area contributed by atoms with E-state index >= 15 is 0 Å². The molecule has 6 N–H and O–H groups in total. The summed E-state index contributed by atoms with van der Waals surface area (Å²) in [4.78, 5) is 36.1. The number of aldehydes is 1. The predicted molar refractivity (Wildman–Crippen MR) is 57.6 cm³/mol. The Morgan fingerprint density at radius 2 is 1.53 bits per heavy atom. The Morgan fingerprint density at radius 1 is 1.05 bits per heavy atom. The van der Waals surface area contributed by atoms with E-state index in [1.54, 1.807) is 0 Å². The van der Waals surface area contributed by atoms with Crippen molar-refractivity contribution in [2.75, 3.05) is 0 Å². The lowest BCUT2D eigenvalue weighted by Gasteiger charge is -2.25. The molecule has 0 saturated heterocycles. The normalized spacial score (nSPS) is 22.1. The zero-order valence-corrected chi connectivity index (χ0v) is 11.3. The van der Waals surface area contributed by atoms with Crippen LogP contribution < -0.4 is 0 Å². The lowest BCUT2D eigenvalue weighted by molar-refractivity contribution is -0.131. The summed E-state index contributed by atoms with van der Waals surface area (Å²) in [6, 6.07) is 0. The molecule has 0 heterocycles. The monoisotopic (exact) mass is 324 g/mol. The van der Waals surface area contributed by atoms with Crippen LogP contribution in [0.5, 0.6) is 0 Å². The molecule has 0 saturated carbocycles. The van der Waals surface area contributed by atoms with Crippen LogP contribution in [-0.2, 0) is 22.8 Å². The maximum absolute atomic E-state index is 11.1. The molecular weight excluding hydrogens is 310 g/mol. The van der Waals surface area contributed by atoms with E-state index in [4.69, 9.17) is 19.8 Å². The van der Waals surface area contributed by atoms with E-state index in [2.05, 4.69) is 8.83 Å². The summed E-state index contributed by atoms with van der Waals surface area (Å²) in [5.74, 6) is 0. The third-order valence-electron chi connectivity index (χ3n) is 1.78. The molecule has 0 bridgehead atoms. The second kappa shape index (κ2) is 7.00. The Hall–Kier alpha value is -0.190. The highest BCUT2D eigenvalue weighted by atomic mass is 31.3. The molecule has 0 aliphatic heterocycles. The number of aliphatic hydroxyl groups excluding tert-OH is 3. The van der Waals surface area contributed by atoms with Gasteiger partial charge in [-0.15, -0.1) is 0 Å². The lowest BCUT2D eigenvalue weighted by Crippen LogP contribution is -2.44. The molecule has 0 radical (unpaired) electrons. The van der Waals surface area contributed by atoms with Gasteiger partial charge < -0.3 is 34.8 Å². The van der Waals surface area contributed by atoms with E-state index in [1.165, 1.54) is 0 Å². The summed E-state index contributed by atoms with van der Waals surface area (Å²) < 4.78 is 28.8. The van der Waals surface area contributed by atoms with Crippen molar-refractivity contribution in [3.05, 3.63) is 0 Å². The Bertz CT molecular complexity index is 389. The van der Waals surface area contributed by atoms with Gasteiger partial charge in [0, 0.05) is 0 Å². The maximum Gasteiger partial charge on any atom is 0.481 e. The maximum atomic E-state index is 11.1. The van der Waals surface area contributed by atoms with Gasteiger partial charge in [0.05, 0.1) is 6.10 Å². The quantitative estimate of drug-likeness (QED) is 0.211. The van der Waals surface area contributed by atoms with Crippen LogP contribution in [-0.4, -0.2) is 60.7 Å². The Labute approximate surface area is 107 Å². The van der Waals surface area contributed by atoms with E-state index in [9.17, 15) is 24.1 Å². The van der Waals surface area contributed by atoms with Crippen molar-refractivity contribution in [3.8, 4) is 0 Å². The summed E-state index contributed by atoms with van der Waals surface area (Å²) in [6.45, 7) is 1.06. The number of carbonyl (C=O) groups is 1. The van der Waals surface area contributed by atoms with Crippen molar-refractivity contribution in [2.45, 2.75) is 31.3 Å². The van der Waals surface area contributed by atoms with Gasteiger partial charge in [-0.2, -0.15) is 4.31 Å². The molecule has 19 heavy (non-hydrogen) atoms. The molecule has 5 atom stereocenters. The number of hydrogen-bond donors (Lipinski definition) is 6. The zero-order valence-electron chi connectivity index (χ0n) is 9.51. The molecule has 0 fully saturated rings. The third-order valence-corrected chi connectivity index (χ3v) is 3.97.